The largest absolute Gasteiger partial charge is 0.438 e. The maximum absolute atomic E-state index is 14.8. The number of nitrogens with one attached hydrogen (secondary N) is 2. The third-order valence-electron chi connectivity index (χ3n) is 6.34. The van der Waals surface area contributed by atoms with Crippen molar-refractivity contribution in [3.63, 3.8) is 0 Å². The first-order valence-corrected chi connectivity index (χ1v) is 12.4. The molecule has 0 radical (unpaired) electrons. The number of alkyl halides is 3. The molecule has 2 aromatic carbocycles. The molecular weight excluding hydrogens is 528 g/mol. The zero-order chi connectivity index (χ0) is 28.3. The molecule has 2 N–H and O–H groups in total. The number of aromatic nitrogens is 3. The topological polar surface area (TPSA) is 92.3 Å². The van der Waals surface area contributed by atoms with Crippen molar-refractivity contribution in [1.29, 1.82) is 0 Å². The summed E-state index contributed by atoms with van der Waals surface area (Å²) in [5, 5.41) is 5.33. The molecule has 2 aromatic heterocycles. The summed E-state index contributed by atoms with van der Waals surface area (Å²) in [7, 11) is 1.68. The third kappa shape index (κ3) is 5.80. The first-order chi connectivity index (χ1) is 19.2. The Labute approximate surface area is 227 Å². The Balaban J connectivity index is 1.44. The van der Waals surface area contributed by atoms with Crippen LogP contribution in [0.2, 0.25) is 0 Å². The Morgan fingerprint density at radius 1 is 1.00 bits per heavy atom. The van der Waals surface area contributed by atoms with Crippen LogP contribution < -0.4 is 20.3 Å². The molecule has 1 saturated heterocycles. The number of hydrogen-bond acceptors (Lipinski definition) is 7. The SMILES string of the molecule is CNc1nccc(-c2cccnc2Oc2ccc(F)c(C(=O)Nc3cc(C(F)(F)F)ccc3N3CCCC3)c2)n1. The predicted molar refractivity (Wildman–Crippen MR) is 142 cm³/mol. The molecule has 3 heterocycles. The van der Waals surface area contributed by atoms with E-state index in [2.05, 4.69) is 25.6 Å². The van der Waals surface area contributed by atoms with Crippen molar-refractivity contribution in [2.24, 2.45) is 0 Å². The molecule has 5 rings (SSSR count). The quantitative estimate of drug-likeness (QED) is 0.257. The van der Waals surface area contributed by atoms with Crippen LogP contribution in [0.5, 0.6) is 11.6 Å². The number of hydrogen-bond donors (Lipinski definition) is 2. The molecule has 0 atom stereocenters. The summed E-state index contributed by atoms with van der Waals surface area (Å²) < 4.78 is 61.0. The zero-order valence-electron chi connectivity index (χ0n) is 21.3. The number of ether oxygens (including phenoxy) is 1. The van der Waals surface area contributed by atoms with Crippen molar-refractivity contribution in [1.82, 2.24) is 15.0 Å². The number of pyridine rings is 1. The Kier molecular flexibility index (Phi) is 7.50. The highest BCUT2D eigenvalue weighted by atomic mass is 19.4. The van der Waals surface area contributed by atoms with Gasteiger partial charge in [-0.25, -0.2) is 19.3 Å². The van der Waals surface area contributed by atoms with Gasteiger partial charge in [0, 0.05) is 32.5 Å². The van der Waals surface area contributed by atoms with Crippen molar-refractivity contribution >= 4 is 23.2 Å². The van der Waals surface area contributed by atoms with Gasteiger partial charge < -0.3 is 20.3 Å². The molecule has 40 heavy (non-hydrogen) atoms. The normalized spacial score (nSPS) is 13.3. The maximum atomic E-state index is 14.8. The number of carbonyl (C=O) groups excluding carboxylic acids is 1. The van der Waals surface area contributed by atoms with E-state index in [4.69, 9.17) is 4.74 Å². The van der Waals surface area contributed by atoms with Crippen LogP contribution in [0.15, 0.2) is 67.0 Å². The van der Waals surface area contributed by atoms with Gasteiger partial charge in [-0.2, -0.15) is 13.2 Å². The van der Waals surface area contributed by atoms with Crippen molar-refractivity contribution < 1.29 is 27.1 Å². The summed E-state index contributed by atoms with van der Waals surface area (Å²) >= 11 is 0. The molecule has 12 heteroatoms. The molecule has 1 fully saturated rings. The molecule has 1 amide bonds. The third-order valence-corrected chi connectivity index (χ3v) is 6.34. The molecule has 0 spiro atoms. The van der Waals surface area contributed by atoms with Gasteiger partial charge in [0.15, 0.2) is 0 Å². The number of carbonyl (C=O) groups is 1. The highest BCUT2D eigenvalue weighted by Gasteiger charge is 2.32. The van der Waals surface area contributed by atoms with Crippen LogP contribution in [-0.4, -0.2) is 41.0 Å². The lowest BCUT2D eigenvalue weighted by Gasteiger charge is -2.23. The van der Waals surface area contributed by atoms with Crippen LogP contribution in [-0.2, 0) is 6.18 Å². The van der Waals surface area contributed by atoms with E-state index in [0.717, 1.165) is 31.0 Å². The Morgan fingerprint density at radius 3 is 2.55 bits per heavy atom. The van der Waals surface area contributed by atoms with E-state index in [0.29, 0.717) is 36.0 Å². The second-order valence-electron chi connectivity index (χ2n) is 8.99. The molecule has 1 aliphatic heterocycles. The van der Waals surface area contributed by atoms with Crippen molar-refractivity contribution in [2.75, 3.05) is 35.7 Å². The van der Waals surface area contributed by atoms with Crippen LogP contribution in [0.1, 0.15) is 28.8 Å². The summed E-state index contributed by atoms with van der Waals surface area (Å²) in [6, 6.07) is 11.8. The average Bonchev–Trinajstić information content (AvgIpc) is 3.49. The molecule has 0 saturated carbocycles. The Morgan fingerprint density at radius 2 is 1.80 bits per heavy atom. The lowest BCUT2D eigenvalue weighted by atomic mass is 10.1. The van der Waals surface area contributed by atoms with Gasteiger partial charge in [0.05, 0.1) is 33.8 Å². The molecular formula is C28H24F4N6O2. The number of anilines is 3. The molecule has 0 aliphatic carbocycles. The fourth-order valence-corrected chi connectivity index (χ4v) is 4.39. The van der Waals surface area contributed by atoms with E-state index in [1.165, 1.54) is 24.4 Å². The fourth-order valence-electron chi connectivity index (χ4n) is 4.39. The minimum absolute atomic E-state index is 0.0523. The second-order valence-corrected chi connectivity index (χ2v) is 8.99. The molecule has 8 nitrogen and oxygen atoms in total. The number of nitrogens with zero attached hydrogens (tertiary/aromatic N) is 4. The van der Waals surface area contributed by atoms with Crippen LogP contribution in [0.4, 0.5) is 34.9 Å². The van der Waals surface area contributed by atoms with E-state index < -0.39 is 29.0 Å². The number of benzene rings is 2. The van der Waals surface area contributed by atoms with Gasteiger partial charge in [-0.1, -0.05) is 0 Å². The number of halogens is 4. The molecule has 206 valence electrons. The highest BCUT2D eigenvalue weighted by Crippen LogP contribution is 2.37. The fraction of sp³-hybridized carbons (Fsp3) is 0.214. The van der Waals surface area contributed by atoms with E-state index in [9.17, 15) is 22.4 Å². The van der Waals surface area contributed by atoms with Gasteiger partial charge in [0.2, 0.25) is 11.8 Å². The standard InChI is InChI=1S/C28H24F4N6O2/c1-33-27-35-12-10-22(37-27)19-5-4-11-34-26(19)40-18-7-8-21(29)20(16-18)25(39)36-23-15-17(28(30,31)32)6-9-24(23)38-13-2-3-14-38/h4-12,15-16H,2-3,13-14H2,1H3,(H,36,39)(H,33,35,37). The first kappa shape index (κ1) is 26.9. The van der Waals surface area contributed by atoms with Gasteiger partial charge in [0.1, 0.15) is 11.6 Å². The first-order valence-electron chi connectivity index (χ1n) is 12.4. The molecule has 1 aliphatic rings. The molecule has 0 bridgehead atoms. The summed E-state index contributed by atoms with van der Waals surface area (Å²) in [5.41, 5.74) is 0.105. The second kappa shape index (κ2) is 11.2. The lowest BCUT2D eigenvalue weighted by Crippen LogP contribution is -2.22. The monoisotopic (exact) mass is 552 g/mol. The molecule has 0 unspecified atom stereocenters. The predicted octanol–water partition coefficient (Wildman–Crippen LogP) is 6.38. The molecule has 4 aromatic rings. The zero-order valence-corrected chi connectivity index (χ0v) is 21.3. The van der Waals surface area contributed by atoms with E-state index in [1.807, 2.05) is 4.90 Å². The summed E-state index contributed by atoms with van der Waals surface area (Å²) in [6.45, 7) is 1.28. The van der Waals surface area contributed by atoms with Crippen molar-refractivity contribution in [3.8, 4) is 22.9 Å². The maximum Gasteiger partial charge on any atom is 0.416 e. The van der Waals surface area contributed by atoms with Gasteiger partial charge in [-0.3, -0.25) is 4.79 Å². The minimum atomic E-state index is -4.61. The summed E-state index contributed by atoms with van der Waals surface area (Å²) in [4.78, 5) is 27.8. The van der Waals surface area contributed by atoms with Crippen LogP contribution in [0.25, 0.3) is 11.3 Å². The van der Waals surface area contributed by atoms with E-state index >= 15 is 0 Å². The smallest absolute Gasteiger partial charge is 0.416 e. The summed E-state index contributed by atoms with van der Waals surface area (Å²) in [6.07, 6.45) is 0.214. The van der Waals surface area contributed by atoms with Gasteiger partial charge in [-0.15, -0.1) is 0 Å². The lowest BCUT2D eigenvalue weighted by molar-refractivity contribution is -0.137. The highest BCUT2D eigenvalue weighted by molar-refractivity contribution is 6.06. The van der Waals surface area contributed by atoms with E-state index in [-0.39, 0.29) is 17.3 Å². The Bertz CT molecular complexity index is 1540. The number of rotatable bonds is 7. The van der Waals surface area contributed by atoms with Gasteiger partial charge in [-0.05, 0) is 67.4 Å². The Hall–Kier alpha value is -4.74. The van der Waals surface area contributed by atoms with E-state index in [1.54, 1.807) is 31.4 Å². The van der Waals surface area contributed by atoms with Crippen LogP contribution in [0.3, 0.4) is 0 Å². The van der Waals surface area contributed by atoms with Gasteiger partial charge in [0.25, 0.3) is 5.91 Å². The average molecular weight is 553 g/mol. The summed E-state index contributed by atoms with van der Waals surface area (Å²) in [5.74, 6) is -1.15. The number of amides is 1. The van der Waals surface area contributed by atoms with Crippen LogP contribution in [0, 0.1) is 5.82 Å². The van der Waals surface area contributed by atoms with Crippen LogP contribution >= 0.6 is 0 Å². The van der Waals surface area contributed by atoms with Crippen molar-refractivity contribution in [3.05, 3.63) is 83.9 Å². The van der Waals surface area contributed by atoms with Gasteiger partial charge >= 0.3 is 6.18 Å². The van der Waals surface area contributed by atoms with Crippen molar-refractivity contribution in [2.45, 2.75) is 19.0 Å². The minimum Gasteiger partial charge on any atom is -0.438 e.